The van der Waals surface area contributed by atoms with Crippen molar-refractivity contribution in [3.63, 3.8) is 0 Å². The first-order valence-corrected chi connectivity index (χ1v) is 7.07. The number of hydrogen-bond donors (Lipinski definition) is 1. The summed E-state index contributed by atoms with van der Waals surface area (Å²) in [5, 5.41) is 4.84. The molecule has 0 bridgehead atoms. The predicted octanol–water partition coefficient (Wildman–Crippen LogP) is 1.50. The van der Waals surface area contributed by atoms with Crippen LogP contribution in [-0.4, -0.2) is 32.2 Å². The van der Waals surface area contributed by atoms with E-state index in [1.165, 1.54) is 18.4 Å². The van der Waals surface area contributed by atoms with E-state index in [0.717, 1.165) is 11.3 Å². The third-order valence-electron chi connectivity index (χ3n) is 3.10. The van der Waals surface area contributed by atoms with Crippen LogP contribution in [0.2, 0.25) is 0 Å². The van der Waals surface area contributed by atoms with Gasteiger partial charge in [0, 0.05) is 11.5 Å². The second-order valence-electron chi connectivity index (χ2n) is 4.42. The van der Waals surface area contributed by atoms with Gasteiger partial charge in [0.2, 0.25) is 5.91 Å². The zero-order chi connectivity index (χ0) is 13.7. The molecule has 0 aliphatic carbocycles. The maximum atomic E-state index is 12.1. The van der Waals surface area contributed by atoms with E-state index in [0.29, 0.717) is 13.2 Å². The molecule has 2 unspecified atom stereocenters. The zero-order valence-corrected chi connectivity index (χ0v) is 11.6. The number of methoxy groups -OCH3 is 1. The lowest BCUT2D eigenvalue weighted by Gasteiger charge is -2.18. The molecule has 0 saturated carbocycles. The molecule has 1 aliphatic rings. The van der Waals surface area contributed by atoms with E-state index >= 15 is 0 Å². The van der Waals surface area contributed by atoms with Gasteiger partial charge in [0.05, 0.1) is 32.1 Å². The SMILES string of the molecule is COC(=O)CC(NC(=O)C1CCOC1)c1cccs1. The number of carbonyl (C=O) groups is 2. The number of carbonyl (C=O) groups excluding carboxylic acids is 2. The minimum Gasteiger partial charge on any atom is -0.469 e. The number of amides is 1. The largest absolute Gasteiger partial charge is 0.469 e. The average molecular weight is 283 g/mol. The molecular weight excluding hydrogens is 266 g/mol. The van der Waals surface area contributed by atoms with Gasteiger partial charge in [0.25, 0.3) is 0 Å². The molecule has 1 N–H and O–H groups in total. The van der Waals surface area contributed by atoms with Crippen LogP contribution in [0.3, 0.4) is 0 Å². The molecule has 2 heterocycles. The highest BCUT2D eigenvalue weighted by Gasteiger charge is 2.27. The monoisotopic (exact) mass is 283 g/mol. The molecule has 104 valence electrons. The molecule has 0 aromatic carbocycles. The number of ether oxygens (including phenoxy) is 2. The molecule has 6 heteroatoms. The molecule has 5 nitrogen and oxygen atoms in total. The fourth-order valence-electron chi connectivity index (χ4n) is 1.99. The molecule has 1 aliphatic heterocycles. The molecule has 19 heavy (non-hydrogen) atoms. The zero-order valence-electron chi connectivity index (χ0n) is 10.8. The maximum absolute atomic E-state index is 12.1. The Bertz CT molecular complexity index is 426. The summed E-state index contributed by atoms with van der Waals surface area (Å²) >= 11 is 1.51. The fraction of sp³-hybridized carbons (Fsp3) is 0.538. The van der Waals surface area contributed by atoms with E-state index in [1.807, 2.05) is 17.5 Å². The van der Waals surface area contributed by atoms with Crippen molar-refractivity contribution >= 4 is 23.2 Å². The van der Waals surface area contributed by atoms with Gasteiger partial charge in [-0.2, -0.15) is 0 Å². The molecule has 0 spiro atoms. The minimum atomic E-state index is -0.332. The number of rotatable bonds is 5. The van der Waals surface area contributed by atoms with Crippen LogP contribution < -0.4 is 5.32 Å². The number of nitrogens with one attached hydrogen (secondary N) is 1. The average Bonchev–Trinajstić information content (AvgIpc) is 3.10. The fourth-order valence-corrected chi connectivity index (χ4v) is 2.77. The number of hydrogen-bond acceptors (Lipinski definition) is 5. The summed E-state index contributed by atoms with van der Waals surface area (Å²) in [6.07, 6.45) is 0.886. The number of thiophene rings is 1. The lowest BCUT2D eigenvalue weighted by Crippen LogP contribution is -2.35. The second-order valence-corrected chi connectivity index (χ2v) is 5.40. The van der Waals surface area contributed by atoms with Crippen LogP contribution in [0.5, 0.6) is 0 Å². The van der Waals surface area contributed by atoms with Gasteiger partial charge in [-0.15, -0.1) is 11.3 Å². The summed E-state index contributed by atoms with van der Waals surface area (Å²) < 4.78 is 9.88. The van der Waals surface area contributed by atoms with Crippen molar-refractivity contribution in [2.24, 2.45) is 5.92 Å². The molecule has 2 atom stereocenters. The standard InChI is InChI=1S/C13H17NO4S/c1-17-12(15)7-10(11-3-2-6-19-11)14-13(16)9-4-5-18-8-9/h2-3,6,9-10H,4-5,7-8H2,1H3,(H,14,16). The van der Waals surface area contributed by atoms with Crippen LogP contribution in [0.15, 0.2) is 17.5 Å². The van der Waals surface area contributed by atoms with Gasteiger partial charge in [-0.3, -0.25) is 9.59 Å². The molecule has 1 amide bonds. The van der Waals surface area contributed by atoms with E-state index in [-0.39, 0.29) is 30.3 Å². The quantitative estimate of drug-likeness (QED) is 0.832. The number of esters is 1. The lowest BCUT2D eigenvalue weighted by atomic mass is 10.1. The summed E-state index contributed by atoms with van der Waals surface area (Å²) in [7, 11) is 1.35. The Hall–Kier alpha value is -1.40. The Labute approximate surface area is 115 Å². The van der Waals surface area contributed by atoms with Crippen LogP contribution in [0.4, 0.5) is 0 Å². The summed E-state index contributed by atoms with van der Waals surface area (Å²) in [5.41, 5.74) is 0. The molecule has 2 rings (SSSR count). The molecule has 0 radical (unpaired) electrons. The van der Waals surface area contributed by atoms with Gasteiger partial charge < -0.3 is 14.8 Å². The highest BCUT2D eigenvalue weighted by molar-refractivity contribution is 7.10. The van der Waals surface area contributed by atoms with Crippen LogP contribution in [0, 0.1) is 5.92 Å². The van der Waals surface area contributed by atoms with Crippen molar-refractivity contribution in [3.05, 3.63) is 22.4 Å². The van der Waals surface area contributed by atoms with Gasteiger partial charge in [0.15, 0.2) is 0 Å². The molecule has 1 saturated heterocycles. The van der Waals surface area contributed by atoms with Gasteiger partial charge in [-0.1, -0.05) is 6.07 Å². The topological polar surface area (TPSA) is 64.6 Å². The van der Waals surface area contributed by atoms with Gasteiger partial charge in [-0.25, -0.2) is 0 Å². The van der Waals surface area contributed by atoms with E-state index in [4.69, 9.17) is 4.74 Å². The van der Waals surface area contributed by atoms with E-state index in [9.17, 15) is 9.59 Å². The molecular formula is C13H17NO4S. The Morgan fingerprint density at radius 1 is 1.63 bits per heavy atom. The van der Waals surface area contributed by atoms with Crippen LogP contribution in [0.25, 0.3) is 0 Å². The Morgan fingerprint density at radius 3 is 3.05 bits per heavy atom. The van der Waals surface area contributed by atoms with E-state index in [2.05, 4.69) is 10.1 Å². The highest BCUT2D eigenvalue weighted by atomic mass is 32.1. The minimum absolute atomic E-state index is 0.0557. The Morgan fingerprint density at radius 2 is 2.47 bits per heavy atom. The Balaban J connectivity index is 2.00. The predicted molar refractivity (Wildman–Crippen MR) is 70.8 cm³/mol. The third kappa shape index (κ3) is 3.78. The molecule has 1 aromatic heterocycles. The second kappa shape index (κ2) is 6.68. The van der Waals surface area contributed by atoms with Crippen LogP contribution in [-0.2, 0) is 19.1 Å². The first-order valence-electron chi connectivity index (χ1n) is 6.19. The maximum Gasteiger partial charge on any atom is 0.307 e. The third-order valence-corrected chi connectivity index (χ3v) is 4.09. The first kappa shape index (κ1) is 14.0. The van der Waals surface area contributed by atoms with Crippen LogP contribution >= 0.6 is 11.3 Å². The van der Waals surface area contributed by atoms with Crippen molar-refractivity contribution < 1.29 is 19.1 Å². The Kier molecular flexibility index (Phi) is 4.93. The van der Waals surface area contributed by atoms with E-state index < -0.39 is 0 Å². The summed E-state index contributed by atoms with van der Waals surface area (Å²) in [6, 6.07) is 3.49. The van der Waals surface area contributed by atoms with Crippen LogP contribution in [0.1, 0.15) is 23.8 Å². The van der Waals surface area contributed by atoms with Crippen molar-refractivity contribution in [1.29, 1.82) is 0 Å². The van der Waals surface area contributed by atoms with Crippen molar-refractivity contribution in [3.8, 4) is 0 Å². The first-order chi connectivity index (χ1) is 9.20. The normalized spacial score (nSPS) is 19.9. The molecule has 1 aromatic rings. The lowest BCUT2D eigenvalue weighted by molar-refractivity contribution is -0.141. The smallest absolute Gasteiger partial charge is 0.307 e. The van der Waals surface area contributed by atoms with Crippen molar-refractivity contribution in [2.45, 2.75) is 18.9 Å². The van der Waals surface area contributed by atoms with Gasteiger partial charge >= 0.3 is 5.97 Å². The van der Waals surface area contributed by atoms with Gasteiger partial charge in [0.1, 0.15) is 0 Å². The highest BCUT2D eigenvalue weighted by Crippen LogP contribution is 2.24. The summed E-state index contributed by atoms with van der Waals surface area (Å²) in [4.78, 5) is 24.5. The van der Waals surface area contributed by atoms with Crippen molar-refractivity contribution in [1.82, 2.24) is 5.32 Å². The van der Waals surface area contributed by atoms with Crippen molar-refractivity contribution in [2.75, 3.05) is 20.3 Å². The van der Waals surface area contributed by atoms with Gasteiger partial charge in [-0.05, 0) is 17.9 Å². The molecule has 1 fully saturated rings. The summed E-state index contributed by atoms with van der Waals surface area (Å²) in [6.45, 7) is 1.08. The van der Waals surface area contributed by atoms with E-state index in [1.54, 1.807) is 0 Å². The summed E-state index contributed by atoms with van der Waals surface area (Å²) in [5.74, 6) is -0.499.